The second-order valence-electron chi connectivity index (χ2n) is 7.42. The molecule has 2 aliphatic heterocycles. The van der Waals surface area contributed by atoms with Crippen LogP contribution in [0.3, 0.4) is 0 Å². The van der Waals surface area contributed by atoms with Crippen LogP contribution in [0.15, 0.2) is 4.52 Å². The van der Waals surface area contributed by atoms with Crippen LogP contribution in [0, 0.1) is 5.92 Å². The van der Waals surface area contributed by atoms with Gasteiger partial charge in [0, 0.05) is 32.2 Å². The van der Waals surface area contributed by atoms with Crippen LogP contribution >= 0.6 is 0 Å². The van der Waals surface area contributed by atoms with Crippen molar-refractivity contribution in [3.8, 4) is 0 Å². The zero-order chi connectivity index (χ0) is 18.5. The summed E-state index contributed by atoms with van der Waals surface area (Å²) in [5.74, 6) is 1.47. The number of ether oxygens (including phenoxy) is 2. The fourth-order valence-electron chi connectivity index (χ4n) is 3.72. The van der Waals surface area contributed by atoms with E-state index >= 15 is 0 Å². The molecule has 146 valence electrons. The number of rotatable bonds is 6. The van der Waals surface area contributed by atoms with E-state index in [4.69, 9.17) is 14.0 Å². The maximum Gasteiger partial charge on any atom is 0.229 e. The predicted molar refractivity (Wildman–Crippen MR) is 94.5 cm³/mol. The summed E-state index contributed by atoms with van der Waals surface area (Å²) in [6.45, 7) is 8.57. The van der Waals surface area contributed by atoms with E-state index in [9.17, 15) is 4.79 Å². The molecule has 0 radical (unpaired) electrons. The number of morpholine rings is 1. The topological polar surface area (TPSA) is 80.9 Å². The van der Waals surface area contributed by atoms with E-state index in [2.05, 4.69) is 28.9 Å². The molecule has 2 aliphatic rings. The zero-order valence-corrected chi connectivity index (χ0v) is 16.0. The first-order valence-corrected chi connectivity index (χ1v) is 9.51. The Labute approximate surface area is 154 Å². The lowest BCUT2D eigenvalue weighted by Gasteiger charge is -2.38. The van der Waals surface area contributed by atoms with Gasteiger partial charge in [0.25, 0.3) is 0 Å². The van der Waals surface area contributed by atoms with Gasteiger partial charge in [0.1, 0.15) is 6.61 Å². The lowest BCUT2D eigenvalue weighted by molar-refractivity contribution is -0.144. The van der Waals surface area contributed by atoms with E-state index in [1.54, 1.807) is 7.11 Å². The molecule has 3 heterocycles. The van der Waals surface area contributed by atoms with Crippen LogP contribution in [-0.4, -0.2) is 77.9 Å². The molecule has 1 aromatic rings. The highest BCUT2D eigenvalue weighted by atomic mass is 16.5. The van der Waals surface area contributed by atoms with Crippen LogP contribution < -0.4 is 0 Å². The monoisotopic (exact) mass is 366 g/mol. The Bertz CT molecular complexity index is 584. The second kappa shape index (κ2) is 8.92. The standard InChI is InChI=1S/C18H30N4O4/c1-13(2)21-6-4-14(5-7-21)18(23)22-8-9-25-15(11-22)10-17-19-16(12-24-3)20-26-17/h13-15H,4-12H2,1-3H3. The number of carbonyl (C=O) groups excluding carboxylic acids is 1. The Morgan fingerprint density at radius 1 is 1.31 bits per heavy atom. The van der Waals surface area contributed by atoms with Crippen molar-refractivity contribution in [3.05, 3.63) is 11.7 Å². The van der Waals surface area contributed by atoms with Gasteiger partial charge in [-0.25, -0.2) is 0 Å². The van der Waals surface area contributed by atoms with Crippen LogP contribution in [0.1, 0.15) is 38.4 Å². The van der Waals surface area contributed by atoms with Gasteiger partial charge in [-0.2, -0.15) is 4.98 Å². The summed E-state index contributed by atoms with van der Waals surface area (Å²) in [4.78, 5) is 21.6. The summed E-state index contributed by atoms with van der Waals surface area (Å²) >= 11 is 0. The molecular formula is C18H30N4O4. The number of amides is 1. The van der Waals surface area contributed by atoms with Crippen molar-refractivity contribution in [2.24, 2.45) is 5.92 Å². The lowest BCUT2D eigenvalue weighted by atomic mass is 9.94. The molecule has 0 spiro atoms. The smallest absolute Gasteiger partial charge is 0.229 e. The van der Waals surface area contributed by atoms with Crippen LogP contribution in [0.25, 0.3) is 0 Å². The van der Waals surface area contributed by atoms with E-state index in [-0.39, 0.29) is 17.9 Å². The molecule has 3 rings (SSSR count). The first-order chi connectivity index (χ1) is 12.6. The van der Waals surface area contributed by atoms with E-state index < -0.39 is 0 Å². The molecule has 0 saturated carbocycles. The van der Waals surface area contributed by atoms with Crippen molar-refractivity contribution < 1.29 is 18.8 Å². The predicted octanol–water partition coefficient (Wildman–Crippen LogP) is 1.11. The molecule has 0 aliphatic carbocycles. The van der Waals surface area contributed by atoms with Gasteiger partial charge >= 0.3 is 0 Å². The summed E-state index contributed by atoms with van der Waals surface area (Å²) in [5, 5.41) is 3.87. The molecule has 0 aromatic carbocycles. The number of hydrogen-bond donors (Lipinski definition) is 0. The van der Waals surface area contributed by atoms with Gasteiger partial charge in [-0.15, -0.1) is 0 Å². The molecule has 1 atom stereocenters. The maximum atomic E-state index is 12.9. The lowest BCUT2D eigenvalue weighted by Crippen LogP contribution is -2.50. The van der Waals surface area contributed by atoms with E-state index in [0.717, 1.165) is 25.9 Å². The van der Waals surface area contributed by atoms with E-state index in [0.29, 0.717) is 50.5 Å². The molecule has 1 aromatic heterocycles. The zero-order valence-electron chi connectivity index (χ0n) is 16.0. The normalized spacial score (nSPS) is 22.9. The minimum atomic E-state index is -0.0979. The van der Waals surface area contributed by atoms with Crippen molar-refractivity contribution in [2.45, 2.75) is 51.9 Å². The number of aromatic nitrogens is 2. The van der Waals surface area contributed by atoms with Crippen LogP contribution in [0.4, 0.5) is 0 Å². The Balaban J connectivity index is 1.50. The van der Waals surface area contributed by atoms with Gasteiger partial charge in [-0.1, -0.05) is 5.16 Å². The first kappa shape index (κ1) is 19.3. The Kier molecular flexibility index (Phi) is 6.61. The molecule has 26 heavy (non-hydrogen) atoms. The SMILES string of the molecule is COCc1noc(CC2CN(C(=O)C3CCN(C(C)C)CC3)CCO2)n1. The first-order valence-electron chi connectivity index (χ1n) is 9.51. The number of likely N-dealkylation sites (tertiary alicyclic amines) is 1. The highest BCUT2D eigenvalue weighted by molar-refractivity contribution is 5.79. The van der Waals surface area contributed by atoms with Crippen molar-refractivity contribution in [2.75, 3.05) is 39.9 Å². The molecule has 2 saturated heterocycles. The second-order valence-corrected chi connectivity index (χ2v) is 7.42. The number of hydrogen-bond acceptors (Lipinski definition) is 7. The highest BCUT2D eigenvalue weighted by Crippen LogP contribution is 2.22. The van der Waals surface area contributed by atoms with Gasteiger partial charge in [0.05, 0.1) is 19.1 Å². The average Bonchev–Trinajstić information content (AvgIpc) is 3.08. The number of nitrogens with zero attached hydrogens (tertiary/aromatic N) is 4. The molecule has 0 N–H and O–H groups in total. The number of methoxy groups -OCH3 is 1. The fourth-order valence-corrected chi connectivity index (χ4v) is 3.72. The van der Waals surface area contributed by atoms with Gasteiger partial charge in [-0.3, -0.25) is 4.79 Å². The van der Waals surface area contributed by atoms with Gasteiger partial charge in [0.15, 0.2) is 5.82 Å². The van der Waals surface area contributed by atoms with Gasteiger partial charge in [-0.05, 0) is 39.8 Å². The molecular weight excluding hydrogens is 336 g/mol. The average molecular weight is 366 g/mol. The summed E-state index contributed by atoms with van der Waals surface area (Å²) in [6.07, 6.45) is 2.32. The van der Waals surface area contributed by atoms with Crippen LogP contribution in [-0.2, 0) is 27.3 Å². The summed E-state index contributed by atoms with van der Waals surface area (Å²) in [7, 11) is 1.59. The molecule has 1 amide bonds. The Hall–Kier alpha value is -1.51. The third-order valence-corrected chi connectivity index (χ3v) is 5.25. The minimum absolute atomic E-state index is 0.0979. The number of carbonyl (C=O) groups is 1. The van der Waals surface area contributed by atoms with E-state index in [1.165, 1.54) is 0 Å². The van der Waals surface area contributed by atoms with Crippen LogP contribution in [0.5, 0.6) is 0 Å². The summed E-state index contributed by atoms with van der Waals surface area (Å²) in [6, 6.07) is 0.552. The fraction of sp³-hybridized carbons (Fsp3) is 0.833. The Morgan fingerprint density at radius 2 is 2.08 bits per heavy atom. The molecule has 1 unspecified atom stereocenters. The highest BCUT2D eigenvalue weighted by Gasteiger charge is 2.32. The third kappa shape index (κ3) is 4.81. The van der Waals surface area contributed by atoms with Crippen molar-refractivity contribution in [1.82, 2.24) is 19.9 Å². The quantitative estimate of drug-likeness (QED) is 0.746. The van der Waals surface area contributed by atoms with Crippen molar-refractivity contribution in [3.63, 3.8) is 0 Å². The van der Waals surface area contributed by atoms with E-state index in [1.807, 2.05) is 4.90 Å². The van der Waals surface area contributed by atoms with Crippen molar-refractivity contribution >= 4 is 5.91 Å². The molecule has 8 nitrogen and oxygen atoms in total. The van der Waals surface area contributed by atoms with Gasteiger partial charge < -0.3 is 23.8 Å². The molecule has 0 bridgehead atoms. The number of piperidine rings is 1. The third-order valence-electron chi connectivity index (χ3n) is 5.25. The maximum absolute atomic E-state index is 12.9. The largest absolute Gasteiger partial charge is 0.377 e. The summed E-state index contributed by atoms with van der Waals surface area (Å²) < 4.78 is 16.0. The summed E-state index contributed by atoms with van der Waals surface area (Å²) in [5.41, 5.74) is 0. The minimum Gasteiger partial charge on any atom is -0.377 e. The van der Waals surface area contributed by atoms with Crippen LogP contribution in [0.2, 0.25) is 0 Å². The Morgan fingerprint density at radius 3 is 2.77 bits per heavy atom. The van der Waals surface area contributed by atoms with Crippen molar-refractivity contribution in [1.29, 1.82) is 0 Å². The van der Waals surface area contributed by atoms with Gasteiger partial charge in [0.2, 0.25) is 11.8 Å². The molecule has 8 heteroatoms. The molecule has 2 fully saturated rings.